The smallest absolute Gasteiger partial charge is 0.107 e. The van der Waals surface area contributed by atoms with E-state index in [2.05, 4.69) is 15.9 Å². The van der Waals surface area contributed by atoms with Gasteiger partial charge < -0.3 is 5.11 Å². The van der Waals surface area contributed by atoms with E-state index in [-0.39, 0.29) is 0 Å². The summed E-state index contributed by atoms with van der Waals surface area (Å²) in [5.74, 6) is 0. The van der Waals surface area contributed by atoms with Crippen molar-refractivity contribution in [3.8, 4) is 0 Å². The van der Waals surface area contributed by atoms with Gasteiger partial charge in [-0.25, -0.2) is 0 Å². The molecule has 88 valence electrons. The maximum absolute atomic E-state index is 10.3. The predicted octanol–water partition coefficient (Wildman–Crippen LogP) is 4.49. The second-order valence-corrected chi connectivity index (χ2v) is 5.21. The van der Waals surface area contributed by atoms with Crippen LogP contribution in [-0.4, -0.2) is 5.11 Å². The normalized spacial score (nSPS) is 12.5. The van der Waals surface area contributed by atoms with Gasteiger partial charge in [0.25, 0.3) is 0 Å². The fraction of sp³-hybridized carbons (Fsp3) is 0.143. The van der Waals surface area contributed by atoms with Crippen molar-refractivity contribution < 1.29 is 5.11 Å². The van der Waals surface area contributed by atoms with Crippen LogP contribution in [0.15, 0.2) is 46.9 Å². The highest BCUT2D eigenvalue weighted by Crippen LogP contribution is 2.32. The number of aryl methyl sites for hydroxylation is 1. The molecule has 0 saturated heterocycles. The van der Waals surface area contributed by atoms with Gasteiger partial charge in [0.2, 0.25) is 0 Å². The first-order valence-electron chi connectivity index (χ1n) is 5.28. The molecule has 1 atom stereocenters. The standard InChI is InChI=1S/C14H12BrClO/c1-9-6-7-10(12(15)8-9)14(17)11-4-2-3-5-13(11)16/h2-8,14,17H,1H3. The summed E-state index contributed by atoms with van der Waals surface area (Å²) in [6.07, 6.45) is -0.710. The van der Waals surface area contributed by atoms with E-state index in [1.807, 2.05) is 43.3 Å². The maximum atomic E-state index is 10.3. The third-order valence-electron chi connectivity index (χ3n) is 2.65. The number of rotatable bonds is 2. The molecular formula is C14H12BrClO. The van der Waals surface area contributed by atoms with Gasteiger partial charge >= 0.3 is 0 Å². The Kier molecular flexibility index (Phi) is 3.87. The molecule has 1 N–H and O–H groups in total. The molecule has 0 amide bonds. The minimum Gasteiger partial charge on any atom is -0.384 e. The van der Waals surface area contributed by atoms with E-state index in [1.54, 1.807) is 6.07 Å². The largest absolute Gasteiger partial charge is 0.384 e. The van der Waals surface area contributed by atoms with E-state index in [1.165, 1.54) is 0 Å². The summed E-state index contributed by atoms with van der Waals surface area (Å²) in [5.41, 5.74) is 2.69. The summed E-state index contributed by atoms with van der Waals surface area (Å²) in [7, 11) is 0. The molecule has 0 aliphatic heterocycles. The summed E-state index contributed by atoms with van der Waals surface area (Å²) in [4.78, 5) is 0. The van der Waals surface area contributed by atoms with E-state index in [0.29, 0.717) is 5.02 Å². The van der Waals surface area contributed by atoms with Gasteiger partial charge in [-0.05, 0) is 30.2 Å². The molecule has 0 spiro atoms. The van der Waals surface area contributed by atoms with E-state index < -0.39 is 6.10 Å². The number of hydrogen-bond acceptors (Lipinski definition) is 1. The van der Waals surface area contributed by atoms with Gasteiger partial charge in [0.1, 0.15) is 6.10 Å². The quantitative estimate of drug-likeness (QED) is 0.866. The molecule has 0 aromatic heterocycles. The summed E-state index contributed by atoms with van der Waals surface area (Å²) in [5, 5.41) is 10.9. The molecular weight excluding hydrogens is 300 g/mol. The lowest BCUT2D eigenvalue weighted by Crippen LogP contribution is -2.01. The van der Waals surface area contributed by atoms with Crippen LogP contribution < -0.4 is 0 Å². The summed E-state index contributed by atoms with van der Waals surface area (Å²) in [6, 6.07) is 13.2. The van der Waals surface area contributed by atoms with Gasteiger partial charge in [-0.15, -0.1) is 0 Å². The van der Waals surface area contributed by atoms with Gasteiger partial charge in [0, 0.05) is 15.1 Å². The van der Waals surface area contributed by atoms with Crippen LogP contribution in [0.4, 0.5) is 0 Å². The zero-order valence-corrected chi connectivity index (χ0v) is 11.7. The van der Waals surface area contributed by atoms with Crippen molar-refractivity contribution in [1.82, 2.24) is 0 Å². The first-order valence-corrected chi connectivity index (χ1v) is 6.45. The van der Waals surface area contributed by atoms with Crippen LogP contribution in [-0.2, 0) is 0 Å². The predicted molar refractivity (Wildman–Crippen MR) is 74.4 cm³/mol. The van der Waals surface area contributed by atoms with Gasteiger partial charge in [-0.3, -0.25) is 0 Å². The lowest BCUT2D eigenvalue weighted by molar-refractivity contribution is 0.219. The number of hydrogen-bond donors (Lipinski definition) is 1. The van der Waals surface area contributed by atoms with Crippen molar-refractivity contribution in [3.63, 3.8) is 0 Å². The Morgan fingerprint density at radius 3 is 2.47 bits per heavy atom. The van der Waals surface area contributed by atoms with Crippen molar-refractivity contribution >= 4 is 27.5 Å². The van der Waals surface area contributed by atoms with Crippen LogP contribution in [0.2, 0.25) is 5.02 Å². The minimum absolute atomic E-state index is 0.576. The molecule has 1 unspecified atom stereocenters. The Hall–Kier alpha value is -0.830. The molecule has 1 nitrogen and oxygen atoms in total. The van der Waals surface area contributed by atoms with Gasteiger partial charge in [-0.2, -0.15) is 0 Å². The van der Waals surface area contributed by atoms with Gasteiger partial charge in [0.05, 0.1) is 0 Å². The highest BCUT2D eigenvalue weighted by Gasteiger charge is 2.15. The first kappa shape index (κ1) is 12.6. The third-order valence-corrected chi connectivity index (χ3v) is 3.68. The van der Waals surface area contributed by atoms with Gasteiger partial charge in [0.15, 0.2) is 0 Å². The molecule has 0 radical (unpaired) electrons. The number of aliphatic hydroxyl groups is 1. The first-order chi connectivity index (χ1) is 8.09. The van der Waals surface area contributed by atoms with E-state index in [4.69, 9.17) is 11.6 Å². The zero-order chi connectivity index (χ0) is 12.4. The number of halogens is 2. The summed E-state index contributed by atoms with van der Waals surface area (Å²) in [6.45, 7) is 2.01. The fourth-order valence-electron chi connectivity index (χ4n) is 1.72. The van der Waals surface area contributed by atoms with Crippen LogP contribution >= 0.6 is 27.5 Å². The molecule has 0 fully saturated rings. The second-order valence-electron chi connectivity index (χ2n) is 3.95. The van der Waals surface area contributed by atoms with Crippen molar-refractivity contribution in [2.45, 2.75) is 13.0 Å². The van der Waals surface area contributed by atoms with E-state index in [0.717, 1.165) is 21.2 Å². The van der Waals surface area contributed by atoms with Crippen LogP contribution in [0, 0.1) is 6.92 Å². The van der Waals surface area contributed by atoms with Crippen molar-refractivity contribution in [3.05, 3.63) is 68.7 Å². The van der Waals surface area contributed by atoms with Crippen LogP contribution in [0.25, 0.3) is 0 Å². The lowest BCUT2D eigenvalue weighted by Gasteiger charge is -2.15. The summed E-state index contributed by atoms with van der Waals surface area (Å²) < 4.78 is 0.893. The van der Waals surface area contributed by atoms with E-state index >= 15 is 0 Å². The maximum Gasteiger partial charge on any atom is 0.107 e. The molecule has 0 saturated carbocycles. The molecule has 2 rings (SSSR count). The second kappa shape index (κ2) is 5.21. The molecule has 0 heterocycles. The average molecular weight is 312 g/mol. The Labute approximate surface area is 114 Å². The highest BCUT2D eigenvalue weighted by molar-refractivity contribution is 9.10. The van der Waals surface area contributed by atoms with Crippen molar-refractivity contribution in [2.24, 2.45) is 0 Å². The SMILES string of the molecule is Cc1ccc(C(O)c2ccccc2Cl)c(Br)c1. The van der Waals surface area contributed by atoms with Crippen molar-refractivity contribution in [1.29, 1.82) is 0 Å². The number of aliphatic hydroxyl groups excluding tert-OH is 1. The molecule has 0 aliphatic carbocycles. The topological polar surface area (TPSA) is 20.2 Å². The average Bonchev–Trinajstić information content (AvgIpc) is 2.29. The third kappa shape index (κ3) is 2.71. The molecule has 17 heavy (non-hydrogen) atoms. The Balaban J connectivity index is 2.44. The van der Waals surface area contributed by atoms with Crippen LogP contribution in [0.1, 0.15) is 22.8 Å². The molecule has 0 bridgehead atoms. The van der Waals surface area contributed by atoms with Gasteiger partial charge in [-0.1, -0.05) is 57.9 Å². The highest BCUT2D eigenvalue weighted by atomic mass is 79.9. The minimum atomic E-state index is -0.710. The molecule has 3 heteroatoms. The van der Waals surface area contributed by atoms with Crippen molar-refractivity contribution in [2.75, 3.05) is 0 Å². The zero-order valence-electron chi connectivity index (χ0n) is 9.32. The fourth-order valence-corrected chi connectivity index (χ4v) is 2.67. The Morgan fingerprint density at radius 1 is 1.12 bits per heavy atom. The Bertz CT molecular complexity index is 539. The number of benzene rings is 2. The molecule has 2 aromatic carbocycles. The molecule has 2 aromatic rings. The Morgan fingerprint density at radius 2 is 1.82 bits per heavy atom. The monoisotopic (exact) mass is 310 g/mol. The lowest BCUT2D eigenvalue weighted by atomic mass is 10.0. The van der Waals surface area contributed by atoms with E-state index in [9.17, 15) is 5.11 Å². The molecule has 0 aliphatic rings. The van der Waals surface area contributed by atoms with Crippen LogP contribution in [0.3, 0.4) is 0 Å². The summed E-state index contributed by atoms with van der Waals surface area (Å²) >= 11 is 9.54. The van der Waals surface area contributed by atoms with Crippen LogP contribution in [0.5, 0.6) is 0 Å².